The molecule has 0 spiro atoms. The van der Waals surface area contributed by atoms with Gasteiger partial charge in [0.2, 0.25) is 0 Å². The Kier molecular flexibility index (Phi) is 4.59. The maximum absolute atomic E-state index is 9.04. The van der Waals surface area contributed by atoms with Crippen LogP contribution in [0.25, 0.3) is 0 Å². The number of phenols is 1. The number of benzene rings is 2. The zero-order chi connectivity index (χ0) is 12.0. The van der Waals surface area contributed by atoms with Gasteiger partial charge in [-0.3, -0.25) is 0 Å². The smallest absolute Gasteiger partial charge is 0.118 e. The highest BCUT2D eigenvalue weighted by atomic mass is 16.3. The Morgan fingerprint density at radius 3 is 1.75 bits per heavy atom. The van der Waals surface area contributed by atoms with E-state index in [0.29, 0.717) is 5.75 Å². The first-order valence-electron chi connectivity index (χ1n) is 5.37. The van der Waals surface area contributed by atoms with E-state index in [0.717, 1.165) is 5.56 Å². The van der Waals surface area contributed by atoms with E-state index in [9.17, 15) is 0 Å². The van der Waals surface area contributed by atoms with Crippen molar-refractivity contribution in [3.8, 4) is 5.75 Å². The van der Waals surface area contributed by atoms with Gasteiger partial charge in [-0.05, 0) is 32.4 Å². The zero-order valence-corrected chi connectivity index (χ0v) is 10.1. The lowest BCUT2D eigenvalue weighted by Crippen LogP contribution is -1.75. The maximum Gasteiger partial charge on any atom is 0.118 e. The third-order valence-corrected chi connectivity index (χ3v) is 2.29. The lowest BCUT2D eigenvalue weighted by atomic mass is 10.1. The lowest BCUT2D eigenvalue weighted by Gasteiger charge is -1.97. The van der Waals surface area contributed by atoms with Gasteiger partial charge in [0.25, 0.3) is 0 Å². The summed E-state index contributed by atoms with van der Waals surface area (Å²) < 4.78 is 0. The molecule has 0 aliphatic rings. The molecule has 2 rings (SSSR count). The second-order valence-electron chi connectivity index (χ2n) is 3.94. The fourth-order valence-corrected chi connectivity index (χ4v) is 1.34. The van der Waals surface area contributed by atoms with E-state index < -0.39 is 0 Å². The summed E-state index contributed by atoms with van der Waals surface area (Å²) in [5.74, 6) is 0.376. The monoisotopic (exact) mass is 214 g/mol. The molecule has 0 saturated carbocycles. The molecule has 84 valence electrons. The van der Waals surface area contributed by atoms with Crippen molar-refractivity contribution in [2.24, 2.45) is 0 Å². The van der Waals surface area contributed by atoms with Crippen molar-refractivity contribution < 1.29 is 5.11 Å². The Labute approximate surface area is 97.4 Å². The van der Waals surface area contributed by atoms with Gasteiger partial charge in [0, 0.05) is 0 Å². The molecule has 16 heavy (non-hydrogen) atoms. The second kappa shape index (κ2) is 5.96. The summed E-state index contributed by atoms with van der Waals surface area (Å²) in [7, 11) is 0. The summed E-state index contributed by atoms with van der Waals surface area (Å²) in [6.45, 7) is 5.98. The van der Waals surface area contributed by atoms with Crippen LogP contribution in [0.5, 0.6) is 5.75 Å². The molecule has 1 nitrogen and oxygen atoms in total. The van der Waals surface area contributed by atoms with Crippen molar-refractivity contribution in [3.05, 3.63) is 65.2 Å². The summed E-state index contributed by atoms with van der Waals surface area (Å²) in [6.07, 6.45) is 0. The first kappa shape index (κ1) is 12.3. The molecule has 2 aromatic carbocycles. The molecule has 0 radical (unpaired) electrons. The van der Waals surface area contributed by atoms with Crippen molar-refractivity contribution >= 4 is 0 Å². The molecule has 0 aliphatic heterocycles. The minimum absolute atomic E-state index is 0.376. The van der Waals surface area contributed by atoms with Crippen LogP contribution in [0.3, 0.4) is 0 Å². The van der Waals surface area contributed by atoms with E-state index in [1.807, 2.05) is 44.2 Å². The largest absolute Gasteiger partial charge is 0.508 e. The molecule has 0 atom stereocenters. The number of aromatic hydroxyl groups is 1. The molecule has 0 aliphatic carbocycles. The summed E-state index contributed by atoms with van der Waals surface area (Å²) >= 11 is 0. The van der Waals surface area contributed by atoms with Crippen LogP contribution in [-0.2, 0) is 0 Å². The van der Waals surface area contributed by atoms with Crippen molar-refractivity contribution in [2.45, 2.75) is 20.8 Å². The molecule has 0 saturated heterocycles. The molecule has 1 heteroatoms. The lowest BCUT2D eigenvalue weighted by molar-refractivity contribution is 0.471. The van der Waals surface area contributed by atoms with Crippen molar-refractivity contribution in [3.63, 3.8) is 0 Å². The summed E-state index contributed by atoms with van der Waals surface area (Å²) in [5.41, 5.74) is 3.45. The minimum atomic E-state index is 0.376. The summed E-state index contributed by atoms with van der Waals surface area (Å²) in [6, 6.07) is 15.8. The van der Waals surface area contributed by atoms with Gasteiger partial charge >= 0.3 is 0 Å². The number of hydrogen-bond donors (Lipinski definition) is 1. The van der Waals surface area contributed by atoms with Crippen LogP contribution in [-0.4, -0.2) is 5.11 Å². The highest BCUT2D eigenvalue weighted by Gasteiger charge is 1.91. The van der Waals surface area contributed by atoms with Crippen LogP contribution in [0, 0.1) is 20.8 Å². The van der Waals surface area contributed by atoms with Crippen LogP contribution in [0.15, 0.2) is 48.5 Å². The van der Waals surface area contributed by atoms with Gasteiger partial charge in [-0.15, -0.1) is 0 Å². The van der Waals surface area contributed by atoms with Gasteiger partial charge in [-0.2, -0.15) is 0 Å². The van der Waals surface area contributed by atoms with Crippen LogP contribution in [0.4, 0.5) is 0 Å². The van der Waals surface area contributed by atoms with E-state index in [1.165, 1.54) is 11.1 Å². The van der Waals surface area contributed by atoms with Crippen LogP contribution < -0.4 is 0 Å². The van der Waals surface area contributed by atoms with Gasteiger partial charge in [-0.1, -0.05) is 53.6 Å². The topological polar surface area (TPSA) is 20.2 Å². The molecular weight excluding hydrogens is 196 g/mol. The van der Waals surface area contributed by atoms with Crippen LogP contribution >= 0.6 is 0 Å². The van der Waals surface area contributed by atoms with E-state index in [-0.39, 0.29) is 0 Å². The maximum atomic E-state index is 9.04. The van der Waals surface area contributed by atoms with Gasteiger partial charge < -0.3 is 5.11 Å². The molecule has 0 heterocycles. The van der Waals surface area contributed by atoms with E-state index in [1.54, 1.807) is 6.07 Å². The average molecular weight is 214 g/mol. The van der Waals surface area contributed by atoms with Gasteiger partial charge in [0.1, 0.15) is 5.75 Å². The van der Waals surface area contributed by atoms with E-state index >= 15 is 0 Å². The number of hydrogen-bond acceptors (Lipinski definition) is 1. The SMILES string of the molecule is Cc1ccc(O)c(C)c1.Cc1ccccc1. The third kappa shape index (κ3) is 4.18. The molecular formula is C15H18O. The molecule has 0 bridgehead atoms. The Bertz CT molecular complexity index is 432. The second-order valence-corrected chi connectivity index (χ2v) is 3.94. The Morgan fingerprint density at radius 1 is 0.750 bits per heavy atom. The normalized spacial score (nSPS) is 9.19. The van der Waals surface area contributed by atoms with E-state index in [4.69, 9.17) is 5.11 Å². The average Bonchev–Trinajstić information content (AvgIpc) is 2.26. The van der Waals surface area contributed by atoms with Gasteiger partial charge in [0.15, 0.2) is 0 Å². The van der Waals surface area contributed by atoms with Crippen molar-refractivity contribution in [1.82, 2.24) is 0 Å². The molecule has 0 unspecified atom stereocenters. The molecule has 2 aromatic rings. The van der Waals surface area contributed by atoms with Crippen LogP contribution in [0.2, 0.25) is 0 Å². The first-order valence-corrected chi connectivity index (χ1v) is 5.37. The summed E-state index contributed by atoms with van der Waals surface area (Å²) in [4.78, 5) is 0. The first-order chi connectivity index (χ1) is 7.59. The Hall–Kier alpha value is -1.76. The fraction of sp³-hybridized carbons (Fsp3) is 0.200. The zero-order valence-electron chi connectivity index (χ0n) is 10.1. The van der Waals surface area contributed by atoms with Crippen molar-refractivity contribution in [1.29, 1.82) is 0 Å². The summed E-state index contributed by atoms with van der Waals surface area (Å²) in [5, 5.41) is 9.04. The highest BCUT2D eigenvalue weighted by molar-refractivity contribution is 5.34. The highest BCUT2D eigenvalue weighted by Crippen LogP contribution is 2.15. The molecule has 1 N–H and O–H groups in total. The number of aryl methyl sites for hydroxylation is 3. The minimum Gasteiger partial charge on any atom is -0.508 e. The predicted molar refractivity (Wildman–Crippen MR) is 68.8 cm³/mol. The van der Waals surface area contributed by atoms with Gasteiger partial charge in [-0.25, -0.2) is 0 Å². The number of phenolic OH excluding ortho intramolecular Hbond substituents is 1. The molecule has 0 fully saturated rings. The third-order valence-electron chi connectivity index (χ3n) is 2.29. The number of rotatable bonds is 0. The Morgan fingerprint density at radius 2 is 1.38 bits per heavy atom. The van der Waals surface area contributed by atoms with Crippen LogP contribution in [0.1, 0.15) is 16.7 Å². The molecule has 0 aromatic heterocycles. The van der Waals surface area contributed by atoms with Crippen molar-refractivity contribution in [2.75, 3.05) is 0 Å². The quantitative estimate of drug-likeness (QED) is 0.702. The van der Waals surface area contributed by atoms with Gasteiger partial charge in [0.05, 0.1) is 0 Å². The standard InChI is InChI=1S/C8H10O.C7H8/c1-6-3-4-8(9)7(2)5-6;1-7-5-3-2-4-6-7/h3-5,9H,1-2H3;2-6H,1H3. The molecule has 0 amide bonds. The Balaban J connectivity index is 0.000000165. The van der Waals surface area contributed by atoms with E-state index in [2.05, 4.69) is 19.1 Å². The predicted octanol–water partition coefficient (Wildman–Crippen LogP) is 4.00. The fourth-order valence-electron chi connectivity index (χ4n) is 1.34.